The van der Waals surface area contributed by atoms with E-state index < -0.39 is 0 Å². The van der Waals surface area contributed by atoms with Crippen molar-refractivity contribution in [2.75, 3.05) is 0 Å². The fourth-order valence-electron chi connectivity index (χ4n) is 0.994. The van der Waals surface area contributed by atoms with Gasteiger partial charge in [0.25, 0.3) is 0 Å². The monoisotopic (exact) mass is 183 g/mol. The van der Waals surface area contributed by atoms with Gasteiger partial charge in [-0.15, -0.1) is 11.3 Å². The number of carbonyl (C=O) groups is 1. The molecule has 0 bridgehead atoms. The maximum Gasteiger partial charge on any atom is 0.169 e. The lowest BCUT2D eigenvalue weighted by Crippen LogP contribution is -2.16. The Kier molecular flexibility index (Phi) is 3.00. The Balaban J connectivity index is 2.71. The zero-order chi connectivity index (χ0) is 9.14. The van der Waals surface area contributed by atoms with Crippen molar-refractivity contribution in [3.05, 3.63) is 21.9 Å². The zero-order valence-corrected chi connectivity index (χ0v) is 8.15. The molecule has 3 heteroatoms. The lowest BCUT2D eigenvalue weighted by molar-refractivity contribution is 0.102. The summed E-state index contributed by atoms with van der Waals surface area (Å²) in [7, 11) is 0. The van der Waals surface area contributed by atoms with Gasteiger partial charge in [0.1, 0.15) is 0 Å². The molecule has 0 saturated carbocycles. The predicted octanol–water partition coefficient (Wildman–Crippen LogP) is 1.84. The molecule has 0 aliphatic heterocycles. The van der Waals surface area contributed by atoms with Gasteiger partial charge >= 0.3 is 0 Å². The van der Waals surface area contributed by atoms with Crippen LogP contribution in [-0.2, 0) is 6.42 Å². The number of hydrogen-bond acceptors (Lipinski definition) is 3. The molecule has 66 valence electrons. The number of hydrogen-bond donors (Lipinski definition) is 1. The van der Waals surface area contributed by atoms with Crippen LogP contribution in [0, 0.1) is 0 Å². The summed E-state index contributed by atoms with van der Waals surface area (Å²) >= 11 is 1.54. The van der Waals surface area contributed by atoms with Gasteiger partial charge < -0.3 is 5.73 Å². The Bertz CT molecular complexity index is 278. The van der Waals surface area contributed by atoms with Crippen LogP contribution in [0.25, 0.3) is 0 Å². The molecule has 0 radical (unpaired) electrons. The smallest absolute Gasteiger partial charge is 0.169 e. The predicted molar refractivity (Wildman–Crippen MR) is 51.7 cm³/mol. The third kappa shape index (κ3) is 2.43. The minimum Gasteiger partial charge on any atom is -0.328 e. The molecule has 1 atom stereocenters. The summed E-state index contributed by atoms with van der Waals surface area (Å²) in [4.78, 5) is 12.9. The van der Waals surface area contributed by atoms with Gasteiger partial charge in [-0.25, -0.2) is 0 Å². The van der Waals surface area contributed by atoms with Crippen LogP contribution in [-0.4, -0.2) is 11.8 Å². The molecule has 2 N–H and O–H groups in total. The highest BCUT2D eigenvalue weighted by atomic mass is 32.1. The highest BCUT2D eigenvalue weighted by molar-refractivity contribution is 7.14. The Labute approximate surface area is 76.4 Å². The van der Waals surface area contributed by atoms with Crippen molar-refractivity contribution < 1.29 is 4.79 Å². The topological polar surface area (TPSA) is 43.1 Å². The quantitative estimate of drug-likeness (QED) is 0.727. The number of thiophene rings is 1. The molecule has 0 aromatic carbocycles. The van der Waals surface area contributed by atoms with Gasteiger partial charge in [0.2, 0.25) is 0 Å². The molecule has 2 nitrogen and oxygen atoms in total. The molecule has 1 aromatic rings. The summed E-state index contributed by atoms with van der Waals surface area (Å²) in [5, 5.41) is 0. The lowest BCUT2D eigenvalue weighted by Gasteiger charge is -1.99. The van der Waals surface area contributed by atoms with Crippen LogP contribution in [0.3, 0.4) is 0 Å². The summed E-state index contributed by atoms with van der Waals surface area (Å²) in [5.74, 6) is 0.135. The fourth-order valence-corrected chi connectivity index (χ4v) is 2.04. The highest BCUT2D eigenvalue weighted by Crippen LogP contribution is 2.17. The second-order valence-electron chi connectivity index (χ2n) is 3.00. The van der Waals surface area contributed by atoms with Crippen LogP contribution < -0.4 is 5.73 Å². The van der Waals surface area contributed by atoms with Gasteiger partial charge in [0.05, 0.1) is 4.88 Å². The van der Waals surface area contributed by atoms with E-state index >= 15 is 0 Å². The van der Waals surface area contributed by atoms with E-state index in [0.717, 1.165) is 11.3 Å². The number of carbonyl (C=O) groups excluding carboxylic acids is 1. The van der Waals surface area contributed by atoms with E-state index in [4.69, 9.17) is 5.73 Å². The first-order valence-electron chi connectivity index (χ1n) is 3.95. The van der Waals surface area contributed by atoms with Crippen molar-refractivity contribution in [1.82, 2.24) is 0 Å². The molecule has 0 aliphatic carbocycles. The maximum atomic E-state index is 10.9. The summed E-state index contributed by atoms with van der Waals surface area (Å²) in [6.07, 6.45) is 0.859. The Morgan fingerprint density at radius 2 is 2.33 bits per heavy atom. The highest BCUT2D eigenvalue weighted by Gasteiger charge is 2.05. The average Bonchev–Trinajstić information content (AvgIpc) is 2.34. The number of Topliss-reactive ketones (excluding diaryl/α,β-unsaturated/α-hetero) is 1. The molecular formula is C9H13NOS. The number of rotatable bonds is 3. The molecular weight excluding hydrogens is 170 g/mol. The Morgan fingerprint density at radius 1 is 1.67 bits per heavy atom. The minimum atomic E-state index is 0.135. The standard InChI is InChI=1S/C9H13NOS/c1-6(10)5-8-3-4-9(12-8)7(2)11/h3-4,6H,5,10H2,1-2H3/t6-/m1/s1. The van der Waals surface area contributed by atoms with Crippen LogP contribution in [0.1, 0.15) is 28.4 Å². The maximum absolute atomic E-state index is 10.9. The van der Waals surface area contributed by atoms with Crippen LogP contribution in [0.2, 0.25) is 0 Å². The van der Waals surface area contributed by atoms with E-state index in [1.807, 2.05) is 19.1 Å². The van der Waals surface area contributed by atoms with Crippen LogP contribution in [0.4, 0.5) is 0 Å². The summed E-state index contributed by atoms with van der Waals surface area (Å²) in [6.45, 7) is 3.55. The molecule has 1 heterocycles. The Hall–Kier alpha value is -0.670. The van der Waals surface area contributed by atoms with Crippen molar-refractivity contribution in [2.24, 2.45) is 5.73 Å². The van der Waals surface area contributed by atoms with Crippen molar-refractivity contribution in [3.8, 4) is 0 Å². The number of nitrogens with two attached hydrogens (primary N) is 1. The molecule has 0 saturated heterocycles. The third-order valence-electron chi connectivity index (χ3n) is 1.53. The van der Waals surface area contributed by atoms with Crippen LogP contribution in [0.5, 0.6) is 0 Å². The second kappa shape index (κ2) is 3.83. The lowest BCUT2D eigenvalue weighted by atomic mass is 10.2. The van der Waals surface area contributed by atoms with Gasteiger partial charge in [0.15, 0.2) is 5.78 Å². The van der Waals surface area contributed by atoms with Crippen molar-refractivity contribution in [3.63, 3.8) is 0 Å². The van der Waals surface area contributed by atoms with E-state index in [0.29, 0.717) is 0 Å². The van der Waals surface area contributed by atoms with Crippen molar-refractivity contribution >= 4 is 17.1 Å². The van der Waals surface area contributed by atoms with Gasteiger partial charge in [-0.2, -0.15) is 0 Å². The summed E-state index contributed by atoms with van der Waals surface area (Å²) < 4.78 is 0. The number of ketones is 1. The first-order chi connectivity index (χ1) is 5.59. The molecule has 0 aliphatic rings. The molecule has 1 aromatic heterocycles. The second-order valence-corrected chi connectivity index (χ2v) is 4.17. The van der Waals surface area contributed by atoms with E-state index in [-0.39, 0.29) is 11.8 Å². The molecule has 1 rings (SSSR count). The van der Waals surface area contributed by atoms with Crippen molar-refractivity contribution in [2.45, 2.75) is 26.3 Å². The minimum absolute atomic E-state index is 0.135. The van der Waals surface area contributed by atoms with E-state index in [1.165, 1.54) is 16.2 Å². The molecule has 0 fully saturated rings. The molecule has 12 heavy (non-hydrogen) atoms. The molecule has 0 amide bonds. The normalized spacial score (nSPS) is 12.9. The summed E-state index contributed by atoms with van der Waals surface area (Å²) in [6, 6.07) is 4.01. The summed E-state index contributed by atoms with van der Waals surface area (Å²) in [5.41, 5.74) is 5.63. The van der Waals surface area contributed by atoms with E-state index in [2.05, 4.69) is 0 Å². The van der Waals surface area contributed by atoms with Gasteiger partial charge in [-0.05, 0) is 32.4 Å². The Morgan fingerprint density at radius 3 is 2.75 bits per heavy atom. The first-order valence-corrected chi connectivity index (χ1v) is 4.76. The van der Waals surface area contributed by atoms with Crippen LogP contribution in [0.15, 0.2) is 12.1 Å². The average molecular weight is 183 g/mol. The SMILES string of the molecule is CC(=O)c1ccc(C[C@@H](C)N)s1. The first kappa shape index (κ1) is 9.42. The molecule has 0 unspecified atom stereocenters. The largest absolute Gasteiger partial charge is 0.328 e. The van der Waals surface area contributed by atoms with Gasteiger partial charge in [-0.1, -0.05) is 0 Å². The van der Waals surface area contributed by atoms with Crippen LogP contribution >= 0.6 is 11.3 Å². The fraction of sp³-hybridized carbons (Fsp3) is 0.444. The van der Waals surface area contributed by atoms with Crippen molar-refractivity contribution in [1.29, 1.82) is 0 Å². The van der Waals surface area contributed by atoms with Gasteiger partial charge in [0, 0.05) is 10.9 Å². The van der Waals surface area contributed by atoms with E-state index in [1.54, 1.807) is 6.92 Å². The molecule has 0 spiro atoms. The van der Waals surface area contributed by atoms with Gasteiger partial charge in [-0.3, -0.25) is 4.79 Å². The zero-order valence-electron chi connectivity index (χ0n) is 7.33. The third-order valence-corrected chi connectivity index (χ3v) is 2.74. The van der Waals surface area contributed by atoms with E-state index in [9.17, 15) is 4.79 Å².